The molecule has 1 amide bonds. The molecule has 0 saturated carbocycles. The number of piperazine rings is 1. The number of halogens is 1. The predicted octanol–water partition coefficient (Wildman–Crippen LogP) is 3.65. The molecule has 2 heterocycles. The fourth-order valence-electron chi connectivity index (χ4n) is 3.67. The van der Waals surface area contributed by atoms with E-state index in [1.54, 1.807) is 19.1 Å². The van der Waals surface area contributed by atoms with Gasteiger partial charge in [-0.2, -0.15) is 5.10 Å². The van der Waals surface area contributed by atoms with Gasteiger partial charge in [-0.15, -0.1) is 0 Å². The van der Waals surface area contributed by atoms with Gasteiger partial charge in [0.1, 0.15) is 5.82 Å². The first-order valence-electron chi connectivity index (χ1n) is 9.89. The zero-order chi connectivity index (χ0) is 20.4. The molecular weight excluding hydrogens is 367 g/mol. The second-order valence-electron chi connectivity index (χ2n) is 7.57. The van der Waals surface area contributed by atoms with Gasteiger partial charge in [0, 0.05) is 57.0 Å². The fourth-order valence-corrected chi connectivity index (χ4v) is 3.67. The summed E-state index contributed by atoms with van der Waals surface area (Å²) in [4.78, 5) is 15.8. The quantitative estimate of drug-likeness (QED) is 0.681. The summed E-state index contributed by atoms with van der Waals surface area (Å²) in [5.41, 5.74) is 5.04. The number of carbonyl (C=O) groups is 1. The minimum Gasteiger partial charge on any atom is -0.340 e. The van der Waals surface area contributed by atoms with Gasteiger partial charge in [-0.05, 0) is 43.3 Å². The molecule has 0 unspecified atom stereocenters. The molecule has 0 radical (unpaired) electrons. The van der Waals surface area contributed by atoms with E-state index in [1.165, 1.54) is 17.7 Å². The van der Waals surface area contributed by atoms with Crippen LogP contribution in [-0.4, -0.2) is 51.7 Å². The summed E-state index contributed by atoms with van der Waals surface area (Å²) >= 11 is 0. The van der Waals surface area contributed by atoms with Crippen molar-refractivity contribution in [3.05, 3.63) is 71.7 Å². The van der Waals surface area contributed by atoms with Crippen molar-refractivity contribution in [2.75, 3.05) is 26.2 Å². The van der Waals surface area contributed by atoms with E-state index in [0.717, 1.165) is 55.2 Å². The number of amides is 1. The Kier molecular flexibility index (Phi) is 5.45. The Morgan fingerprint density at radius 2 is 1.66 bits per heavy atom. The van der Waals surface area contributed by atoms with Crippen LogP contribution in [0.4, 0.5) is 4.39 Å². The lowest BCUT2D eigenvalue weighted by molar-refractivity contribution is -0.130. The number of hydrogen-bond donors (Lipinski definition) is 0. The third-order valence-electron chi connectivity index (χ3n) is 5.42. The topological polar surface area (TPSA) is 41.4 Å². The SMILES string of the molecule is CC(=O)N1CCN(Cc2cn(-c3ccc(C)cc3)nc2-c2ccc(F)cc2)CC1. The summed E-state index contributed by atoms with van der Waals surface area (Å²) in [5, 5.41) is 4.82. The van der Waals surface area contributed by atoms with Gasteiger partial charge in [0.15, 0.2) is 0 Å². The molecule has 6 heteroatoms. The maximum atomic E-state index is 13.4. The predicted molar refractivity (Wildman–Crippen MR) is 111 cm³/mol. The third kappa shape index (κ3) is 4.38. The third-order valence-corrected chi connectivity index (χ3v) is 5.42. The van der Waals surface area contributed by atoms with Crippen LogP contribution in [0.15, 0.2) is 54.7 Å². The van der Waals surface area contributed by atoms with Gasteiger partial charge in [0.25, 0.3) is 0 Å². The van der Waals surface area contributed by atoms with E-state index in [9.17, 15) is 9.18 Å². The fraction of sp³-hybridized carbons (Fsp3) is 0.304. The van der Waals surface area contributed by atoms with Gasteiger partial charge in [0.2, 0.25) is 5.91 Å². The molecule has 3 aromatic rings. The van der Waals surface area contributed by atoms with Crippen LogP contribution < -0.4 is 0 Å². The van der Waals surface area contributed by atoms with E-state index in [4.69, 9.17) is 5.10 Å². The molecule has 4 rings (SSSR count). The van der Waals surface area contributed by atoms with E-state index in [2.05, 4.69) is 30.2 Å². The molecule has 1 aliphatic heterocycles. The normalized spacial score (nSPS) is 14.9. The maximum Gasteiger partial charge on any atom is 0.219 e. The first-order valence-corrected chi connectivity index (χ1v) is 9.89. The van der Waals surface area contributed by atoms with Crippen molar-refractivity contribution in [2.24, 2.45) is 0 Å². The average Bonchev–Trinajstić information content (AvgIpc) is 3.13. The first-order chi connectivity index (χ1) is 14.0. The second-order valence-corrected chi connectivity index (χ2v) is 7.57. The molecule has 2 aromatic carbocycles. The molecule has 0 aliphatic carbocycles. The zero-order valence-corrected chi connectivity index (χ0v) is 16.8. The van der Waals surface area contributed by atoms with Crippen molar-refractivity contribution >= 4 is 5.91 Å². The van der Waals surface area contributed by atoms with Crippen molar-refractivity contribution in [1.29, 1.82) is 0 Å². The summed E-state index contributed by atoms with van der Waals surface area (Å²) in [7, 11) is 0. The Morgan fingerprint density at radius 1 is 1.00 bits per heavy atom. The van der Waals surface area contributed by atoms with Crippen LogP contribution >= 0.6 is 0 Å². The number of aromatic nitrogens is 2. The largest absolute Gasteiger partial charge is 0.340 e. The van der Waals surface area contributed by atoms with Crippen molar-refractivity contribution in [3.8, 4) is 16.9 Å². The molecular formula is C23H25FN4O. The summed E-state index contributed by atoms with van der Waals surface area (Å²) in [5.74, 6) is -0.127. The van der Waals surface area contributed by atoms with E-state index < -0.39 is 0 Å². The molecule has 29 heavy (non-hydrogen) atoms. The van der Waals surface area contributed by atoms with Crippen LogP contribution in [0.25, 0.3) is 16.9 Å². The lowest BCUT2D eigenvalue weighted by atomic mass is 10.1. The second kappa shape index (κ2) is 8.17. The molecule has 1 aliphatic rings. The Hall–Kier alpha value is -2.99. The number of hydrogen-bond acceptors (Lipinski definition) is 3. The van der Waals surface area contributed by atoms with Crippen molar-refractivity contribution in [3.63, 3.8) is 0 Å². The molecule has 150 valence electrons. The first kappa shape index (κ1) is 19.3. The zero-order valence-electron chi connectivity index (χ0n) is 16.8. The standard InChI is InChI=1S/C23H25FN4O/c1-17-3-9-22(10-4-17)28-16-20(15-26-11-13-27(14-12-26)18(2)29)23(25-28)19-5-7-21(24)8-6-19/h3-10,16H,11-15H2,1-2H3. The van der Waals surface area contributed by atoms with Crippen LogP contribution in [0.5, 0.6) is 0 Å². The van der Waals surface area contributed by atoms with E-state index in [0.29, 0.717) is 0 Å². The minimum atomic E-state index is -0.256. The van der Waals surface area contributed by atoms with Crippen LogP contribution in [0.2, 0.25) is 0 Å². The molecule has 1 fully saturated rings. The maximum absolute atomic E-state index is 13.4. The van der Waals surface area contributed by atoms with E-state index in [1.807, 2.05) is 21.7 Å². The van der Waals surface area contributed by atoms with Crippen LogP contribution in [-0.2, 0) is 11.3 Å². The Balaban J connectivity index is 1.63. The van der Waals surface area contributed by atoms with Crippen molar-refractivity contribution < 1.29 is 9.18 Å². The minimum absolute atomic E-state index is 0.129. The van der Waals surface area contributed by atoms with Gasteiger partial charge in [-0.25, -0.2) is 9.07 Å². The molecule has 5 nitrogen and oxygen atoms in total. The molecule has 1 saturated heterocycles. The summed E-state index contributed by atoms with van der Waals surface area (Å²) in [6.45, 7) is 7.57. The van der Waals surface area contributed by atoms with E-state index in [-0.39, 0.29) is 11.7 Å². The highest BCUT2D eigenvalue weighted by Gasteiger charge is 2.21. The number of nitrogens with zero attached hydrogens (tertiary/aromatic N) is 4. The Bertz CT molecular complexity index is 987. The highest BCUT2D eigenvalue weighted by molar-refractivity contribution is 5.73. The summed E-state index contributed by atoms with van der Waals surface area (Å²) in [6, 6.07) is 14.7. The smallest absolute Gasteiger partial charge is 0.219 e. The van der Waals surface area contributed by atoms with Crippen LogP contribution in [0.1, 0.15) is 18.1 Å². The summed E-state index contributed by atoms with van der Waals surface area (Å²) < 4.78 is 15.3. The monoisotopic (exact) mass is 392 g/mol. The molecule has 0 atom stereocenters. The van der Waals surface area contributed by atoms with Crippen LogP contribution in [0, 0.1) is 12.7 Å². The highest BCUT2D eigenvalue weighted by atomic mass is 19.1. The van der Waals surface area contributed by atoms with Gasteiger partial charge in [-0.1, -0.05) is 17.7 Å². The lowest BCUT2D eigenvalue weighted by Crippen LogP contribution is -2.47. The van der Waals surface area contributed by atoms with Gasteiger partial charge < -0.3 is 4.90 Å². The van der Waals surface area contributed by atoms with Gasteiger partial charge in [-0.3, -0.25) is 9.69 Å². The molecule has 1 aromatic heterocycles. The number of aryl methyl sites for hydroxylation is 1. The van der Waals surface area contributed by atoms with Crippen molar-refractivity contribution in [2.45, 2.75) is 20.4 Å². The number of rotatable bonds is 4. The van der Waals surface area contributed by atoms with Crippen molar-refractivity contribution in [1.82, 2.24) is 19.6 Å². The summed E-state index contributed by atoms with van der Waals surface area (Å²) in [6.07, 6.45) is 2.06. The number of benzene rings is 2. The Labute approximate surface area is 170 Å². The van der Waals surface area contributed by atoms with Gasteiger partial charge in [0.05, 0.1) is 11.4 Å². The number of carbonyl (C=O) groups excluding carboxylic acids is 1. The van der Waals surface area contributed by atoms with Crippen LogP contribution in [0.3, 0.4) is 0 Å². The van der Waals surface area contributed by atoms with E-state index >= 15 is 0 Å². The van der Waals surface area contributed by atoms with Gasteiger partial charge >= 0.3 is 0 Å². The average molecular weight is 392 g/mol. The molecule has 0 spiro atoms. The molecule has 0 bridgehead atoms. The molecule has 0 N–H and O–H groups in total. The highest BCUT2D eigenvalue weighted by Crippen LogP contribution is 2.26. The Morgan fingerprint density at radius 3 is 2.28 bits per heavy atom. The lowest BCUT2D eigenvalue weighted by Gasteiger charge is -2.34.